The Labute approximate surface area is 105 Å². The summed E-state index contributed by atoms with van der Waals surface area (Å²) in [5.41, 5.74) is 1.42. The molecular formula is C13H15BrN2. The van der Waals surface area contributed by atoms with E-state index in [-0.39, 0.29) is 0 Å². The smallest absolute Gasteiger partial charge is 0.0635 e. The van der Waals surface area contributed by atoms with Crippen molar-refractivity contribution in [3.05, 3.63) is 34.3 Å². The van der Waals surface area contributed by atoms with Gasteiger partial charge in [0.15, 0.2) is 0 Å². The van der Waals surface area contributed by atoms with Crippen LogP contribution in [0.3, 0.4) is 0 Å². The third kappa shape index (κ3) is 2.63. The maximum atomic E-state index is 8.44. The number of halogens is 1. The SMILES string of the molecule is N#CCCNC1CC(c2ccccc2Br)C1. The fraction of sp³-hybridized carbons (Fsp3) is 0.462. The Balaban J connectivity index is 1.80. The first kappa shape index (κ1) is 11.6. The van der Waals surface area contributed by atoms with Crippen LogP contribution in [0.15, 0.2) is 28.7 Å². The number of hydrogen-bond acceptors (Lipinski definition) is 2. The molecule has 0 spiro atoms. The van der Waals surface area contributed by atoms with Crippen LogP contribution >= 0.6 is 15.9 Å². The predicted molar refractivity (Wildman–Crippen MR) is 68.1 cm³/mol. The Kier molecular flexibility index (Phi) is 3.98. The lowest BCUT2D eigenvalue weighted by Crippen LogP contribution is -2.40. The lowest BCUT2D eigenvalue weighted by molar-refractivity contribution is 0.293. The molecule has 1 fully saturated rings. The van der Waals surface area contributed by atoms with Crippen LogP contribution in [0.5, 0.6) is 0 Å². The quantitative estimate of drug-likeness (QED) is 0.859. The van der Waals surface area contributed by atoms with E-state index in [1.807, 2.05) is 0 Å². The first-order valence-corrected chi connectivity index (χ1v) is 6.45. The molecule has 0 aliphatic heterocycles. The molecule has 84 valence electrons. The summed E-state index contributed by atoms with van der Waals surface area (Å²) < 4.78 is 1.22. The standard InChI is InChI=1S/C13H15BrN2/c14-13-5-2-1-4-12(13)10-8-11(9-10)16-7-3-6-15/h1-2,4-5,10-11,16H,3,7-9H2. The third-order valence-electron chi connectivity index (χ3n) is 3.15. The Morgan fingerprint density at radius 1 is 1.38 bits per heavy atom. The van der Waals surface area contributed by atoms with Crippen molar-refractivity contribution < 1.29 is 0 Å². The van der Waals surface area contributed by atoms with Gasteiger partial charge in [-0.25, -0.2) is 0 Å². The van der Waals surface area contributed by atoms with Crippen LogP contribution in [0.2, 0.25) is 0 Å². The minimum Gasteiger partial charge on any atom is -0.313 e. The summed E-state index contributed by atoms with van der Waals surface area (Å²) >= 11 is 3.59. The maximum Gasteiger partial charge on any atom is 0.0635 e. The van der Waals surface area contributed by atoms with Gasteiger partial charge in [0.25, 0.3) is 0 Å². The Morgan fingerprint density at radius 2 is 2.12 bits per heavy atom. The number of rotatable bonds is 4. The molecule has 1 aromatic carbocycles. The van der Waals surface area contributed by atoms with Crippen molar-refractivity contribution in [2.24, 2.45) is 0 Å². The van der Waals surface area contributed by atoms with Crippen LogP contribution in [0.1, 0.15) is 30.7 Å². The average molecular weight is 279 g/mol. The molecule has 0 saturated heterocycles. The molecule has 16 heavy (non-hydrogen) atoms. The number of hydrogen-bond donors (Lipinski definition) is 1. The van der Waals surface area contributed by atoms with Gasteiger partial charge in [0.05, 0.1) is 6.07 Å². The number of nitriles is 1. The Morgan fingerprint density at radius 3 is 2.81 bits per heavy atom. The molecular weight excluding hydrogens is 264 g/mol. The van der Waals surface area contributed by atoms with Crippen molar-refractivity contribution >= 4 is 15.9 Å². The van der Waals surface area contributed by atoms with Crippen LogP contribution in [0.4, 0.5) is 0 Å². The lowest BCUT2D eigenvalue weighted by Gasteiger charge is -2.36. The molecule has 0 unspecified atom stereocenters. The van der Waals surface area contributed by atoms with E-state index >= 15 is 0 Å². The van der Waals surface area contributed by atoms with Crippen molar-refractivity contribution in [2.45, 2.75) is 31.2 Å². The van der Waals surface area contributed by atoms with Gasteiger partial charge in [0.1, 0.15) is 0 Å². The summed E-state index contributed by atoms with van der Waals surface area (Å²) in [7, 11) is 0. The number of benzene rings is 1. The van der Waals surface area contributed by atoms with E-state index in [9.17, 15) is 0 Å². The van der Waals surface area contributed by atoms with Crippen LogP contribution in [0.25, 0.3) is 0 Å². The normalized spacial score (nSPS) is 23.5. The lowest BCUT2D eigenvalue weighted by atomic mass is 9.76. The summed E-state index contributed by atoms with van der Waals surface area (Å²) in [4.78, 5) is 0. The highest BCUT2D eigenvalue weighted by molar-refractivity contribution is 9.10. The summed E-state index contributed by atoms with van der Waals surface area (Å²) in [6.45, 7) is 0.823. The molecule has 0 radical (unpaired) electrons. The van der Waals surface area contributed by atoms with Gasteiger partial charge in [-0.3, -0.25) is 0 Å². The second kappa shape index (κ2) is 5.47. The fourth-order valence-electron chi connectivity index (χ4n) is 2.18. The second-order valence-corrected chi connectivity index (χ2v) is 5.10. The molecule has 1 aliphatic rings. The van der Waals surface area contributed by atoms with Crippen molar-refractivity contribution in [1.82, 2.24) is 5.32 Å². The largest absolute Gasteiger partial charge is 0.313 e. The molecule has 2 rings (SSSR count). The topological polar surface area (TPSA) is 35.8 Å². The van der Waals surface area contributed by atoms with Crippen molar-refractivity contribution in [2.75, 3.05) is 6.54 Å². The molecule has 1 aliphatic carbocycles. The van der Waals surface area contributed by atoms with Crippen LogP contribution in [-0.4, -0.2) is 12.6 Å². The maximum absolute atomic E-state index is 8.44. The summed E-state index contributed by atoms with van der Waals surface area (Å²) in [5, 5.41) is 11.8. The Bertz CT molecular complexity index is 391. The van der Waals surface area contributed by atoms with Crippen molar-refractivity contribution in [3.8, 4) is 6.07 Å². The van der Waals surface area contributed by atoms with E-state index in [2.05, 4.69) is 51.6 Å². The molecule has 1 saturated carbocycles. The molecule has 0 bridgehead atoms. The average Bonchev–Trinajstić information content (AvgIpc) is 2.23. The Hall–Kier alpha value is -0.850. The highest BCUT2D eigenvalue weighted by atomic mass is 79.9. The van der Waals surface area contributed by atoms with Crippen LogP contribution in [-0.2, 0) is 0 Å². The third-order valence-corrected chi connectivity index (χ3v) is 3.88. The summed E-state index contributed by atoms with van der Waals surface area (Å²) in [6, 6.07) is 11.2. The van der Waals surface area contributed by atoms with Gasteiger partial charge in [-0.1, -0.05) is 34.1 Å². The molecule has 3 heteroatoms. The highest BCUT2D eigenvalue weighted by Crippen LogP contribution is 2.39. The second-order valence-electron chi connectivity index (χ2n) is 4.25. The number of nitrogens with one attached hydrogen (secondary N) is 1. The summed E-state index contributed by atoms with van der Waals surface area (Å²) in [5.74, 6) is 0.676. The molecule has 0 heterocycles. The predicted octanol–water partition coefficient (Wildman–Crippen LogP) is 3.20. The van der Waals surface area contributed by atoms with Crippen LogP contribution in [0, 0.1) is 11.3 Å². The highest BCUT2D eigenvalue weighted by Gasteiger charge is 2.30. The van der Waals surface area contributed by atoms with Gasteiger partial charge in [-0.05, 0) is 30.4 Å². The number of nitrogens with zero attached hydrogens (tertiary/aromatic N) is 1. The molecule has 0 aromatic heterocycles. The monoisotopic (exact) mass is 278 g/mol. The zero-order chi connectivity index (χ0) is 11.4. The van der Waals surface area contributed by atoms with Gasteiger partial charge < -0.3 is 5.32 Å². The van der Waals surface area contributed by atoms with E-state index in [0.29, 0.717) is 18.4 Å². The zero-order valence-corrected chi connectivity index (χ0v) is 10.7. The minimum absolute atomic E-state index is 0.602. The van der Waals surface area contributed by atoms with Gasteiger partial charge in [0.2, 0.25) is 0 Å². The van der Waals surface area contributed by atoms with E-state index in [0.717, 1.165) is 6.54 Å². The molecule has 1 aromatic rings. The fourth-order valence-corrected chi connectivity index (χ4v) is 2.79. The van der Waals surface area contributed by atoms with Crippen molar-refractivity contribution in [3.63, 3.8) is 0 Å². The van der Waals surface area contributed by atoms with Gasteiger partial charge in [-0.15, -0.1) is 0 Å². The van der Waals surface area contributed by atoms with E-state index < -0.39 is 0 Å². The summed E-state index contributed by atoms with van der Waals surface area (Å²) in [6.07, 6.45) is 2.98. The first-order valence-electron chi connectivity index (χ1n) is 5.66. The van der Waals surface area contributed by atoms with Gasteiger partial charge >= 0.3 is 0 Å². The van der Waals surface area contributed by atoms with Gasteiger partial charge in [-0.2, -0.15) is 5.26 Å². The molecule has 0 amide bonds. The van der Waals surface area contributed by atoms with Crippen LogP contribution < -0.4 is 5.32 Å². The van der Waals surface area contributed by atoms with E-state index in [4.69, 9.17) is 5.26 Å². The molecule has 0 atom stereocenters. The molecule has 1 N–H and O–H groups in total. The van der Waals surface area contributed by atoms with Crippen molar-refractivity contribution in [1.29, 1.82) is 5.26 Å². The molecule has 2 nitrogen and oxygen atoms in total. The van der Waals surface area contributed by atoms with E-state index in [1.54, 1.807) is 0 Å². The minimum atomic E-state index is 0.602. The first-order chi connectivity index (χ1) is 7.81. The zero-order valence-electron chi connectivity index (χ0n) is 9.12. The van der Waals surface area contributed by atoms with E-state index in [1.165, 1.54) is 22.9 Å². The van der Waals surface area contributed by atoms with Gasteiger partial charge in [0, 0.05) is 23.5 Å².